The molecule has 0 aliphatic rings. The Morgan fingerprint density at radius 3 is 1.91 bits per heavy atom. The molecular weight excluding hydrogens is 428 g/mol. The average molecular weight is 477 g/mol. The summed E-state index contributed by atoms with van der Waals surface area (Å²) in [5.74, 6) is 0. The summed E-state index contributed by atoms with van der Waals surface area (Å²) in [6, 6.07) is 0. The van der Waals surface area contributed by atoms with Crippen molar-refractivity contribution in [2.24, 2.45) is 11.5 Å². The van der Waals surface area contributed by atoms with Crippen LogP contribution in [0.4, 0.5) is 9.59 Å². The number of alkyl carbamates (subject to hydrolysis) is 2. The number of unbranched alkanes of at least 4 members (excludes halogenated alkanes) is 3. The summed E-state index contributed by atoms with van der Waals surface area (Å²) in [5, 5.41) is 5.47. The van der Waals surface area contributed by atoms with Crippen LogP contribution in [0.3, 0.4) is 0 Å². The van der Waals surface area contributed by atoms with Gasteiger partial charge in [-0.25, -0.2) is 9.59 Å². The number of ether oxygens (including phenoxy) is 4. The van der Waals surface area contributed by atoms with Crippen molar-refractivity contribution in [2.75, 3.05) is 39.5 Å². The Bertz CT molecular complexity index is 564. The molecule has 6 N–H and O–H groups in total. The highest BCUT2D eigenvalue weighted by Crippen LogP contribution is 2.31. The molecule has 196 valence electrons. The zero-order chi connectivity index (χ0) is 25.5. The van der Waals surface area contributed by atoms with Crippen molar-refractivity contribution in [1.82, 2.24) is 10.6 Å². The zero-order valence-electron chi connectivity index (χ0n) is 21.8. The molecular formula is C23H48N4O6. The molecule has 0 aliphatic carbocycles. The molecule has 2 amide bonds. The molecule has 10 nitrogen and oxygen atoms in total. The third-order valence-corrected chi connectivity index (χ3v) is 5.70. The van der Waals surface area contributed by atoms with Gasteiger partial charge in [-0.15, -0.1) is 0 Å². The maximum Gasteiger partial charge on any atom is 0.407 e. The molecule has 0 aromatic carbocycles. The second-order valence-corrected chi connectivity index (χ2v) is 9.79. The quantitative estimate of drug-likeness (QED) is 0.234. The van der Waals surface area contributed by atoms with Crippen LogP contribution in [-0.4, -0.2) is 74.5 Å². The number of hydrogen-bond donors (Lipinski definition) is 4. The van der Waals surface area contributed by atoms with E-state index in [1.807, 2.05) is 48.5 Å². The molecule has 0 fully saturated rings. The van der Waals surface area contributed by atoms with Gasteiger partial charge in [-0.3, -0.25) is 0 Å². The van der Waals surface area contributed by atoms with Crippen LogP contribution in [0.25, 0.3) is 0 Å². The van der Waals surface area contributed by atoms with E-state index in [-0.39, 0.29) is 6.61 Å². The number of hydrogen-bond acceptors (Lipinski definition) is 8. The van der Waals surface area contributed by atoms with E-state index in [1.54, 1.807) is 0 Å². The lowest BCUT2D eigenvalue weighted by Crippen LogP contribution is -2.59. The fraction of sp³-hybridized carbons (Fsp3) is 0.913. The van der Waals surface area contributed by atoms with Gasteiger partial charge in [-0.05, 0) is 61.3 Å². The molecule has 0 saturated heterocycles. The van der Waals surface area contributed by atoms with E-state index in [1.165, 1.54) is 0 Å². The first-order chi connectivity index (χ1) is 15.2. The number of rotatable bonds is 17. The summed E-state index contributed by atoms with van der Waals surface area (Å²) in [4.78, 5) is 23.6. The molecule has 0 bridgehead atoms. The Morgan fingerprint density at radius 2 is 1.39 bits per heavy atom. The van der Waals surface area contributed by atoms with Crippen LogP contribution in [0.1, 0.15) is 74.1 Å². The number of nitrogens with one attached hydrogen (secondary N) is 2. The maximum absolute atomic E-state index is 12.1. The molecule has 0 spiro atoms. The van der Waals surface area contributed by atoms with Gasteiger partial charge in [0.2, 0.25) is 0 Å². The predicted molar refractivity (Wildman–Crippen MR) is 129 cm³/mol. The molecule has 33 heavy (non-hydrogen) atoms. The van der Waals surface area contributed by atoms with Gasteiger partial charge in [-0.2, -0.15) is 0 Å². The molecule has 0 radical (unpaired) electrons. The molecule has 0 heterocycles. The molecule has 10 heteroatoms. The average Bonchev–Trinajstić information content (AvgIpc) is 2.68. The second kappa shape index (κ2) is 15.3. The highest BCUT2D eigenvalue weighted by Gasteiger charge is 2.42. The Morgan fingerprint density at radius 1 is 0.848 bits per heavy atom. The fourth-order valence-corrected chi connectivity index (χ4v) is 2.63. The van der Waals surface area contributed by atoms with Crippen molar-refractivity contribution in [1.29, 1.82) is 0 Å². The minimum atomic E-state index is -0.705. The third-order valence-electron chi connectivity index (χ3n) is 5.70. The van der Waals surface area contributed by atoms with Crippen LogP contribution >= 0.6 is 0 Å². The third kappa shape index (κ3) is 14.3. The van der Waals surface area contributed by atoms with E-state index < -0.39 is 35.0 Å². The Kier molecular flexibility index (Phi) is 14.6. The van der Waals surface area contributed by atoms with Crippen LogP contribution in [0, 0.1) is 0 Å². The number of nitrogens with two attached hydrogens (primary N) is 2. The maximum atomic E-state index is 12.1. The summed E-state index contributed by atoms with van der Waals surface area (Å²) in [5.41, 5.74) is 9.65. The number of amides is 2. The van der Waals surface area contributed by atoms with Gasteiger partial charge in [0, 0.05) is 25.2 Å². The first-order valence-corrected chi connectivity index (χ1v) is 11.8. The minimum absolute atomic E-state index is 0.207. The summed E-state index contributed by atoms with van der Waals surface area (Å²) in [6.45, 7) is 15.8. The Labute approximate surface area is 199 Å². The SMILES string of the molecule is CC(OC(=O)NCCCCCCNC(=O)OCCOCCN)C(C)(C)OC(C)(C)C(C)(C)N. The predicted octanol–water partition coefficient (Wildman–Crippen LogP) is 2.67. The fourth-order valence-electron chi connectivity index (χ4n) is 2.63. The molecule has 0 rings (SSSR count). The topological polar surface area (TPSA) is 147 Å². The van der Waals surface area contributed by atoms with E-state index in [0.717, 1.165) is 25.7 Å². The summed E-state index contributed by atoms with van der Waals surface area (Å²) < 4.78 is 21.8. The second-order valence-electron chi connectivity index (χ2n) is 9.79. The summed E-state index contributed by atoms with van der Waals surface area (Å²) >= 11 is 0. The molecule has 1 atom stereocenters. The lowest BCUT2D eigenvalue weighted by atomic mass is 9.85. The highest BCUT2D eigenvalue weighted by molar-refractivity contribution is 5.67. The summed E-state index contributed by atoms with van der Waals surface area (Å²) in [7, 11) is 0. The van der Waals surface area contributed by atoms with Crippen molar-refractivity contribution in [2.45, 2.75) is 97.0 Å². The molecule has 0 saturated carbocycles. The smallest absolute Gasteiger partial charge is 0.407 e. The Balaban J connectivity index is 3.90. The van der Waals surface area contributed by atoms with Crippen molar-refractivity contribution >= 4 is 12.2 Å². The normalized spacial score (nSPS) is 13.4. The van der Waals surface area contributed by atoms with Crippen LogP contribution in [0.15, 0.2) is 0 Å². The van der Waals surface area contributed by atoms with Gasteiger partial charge in [0.05, 0.1) is 18.8 Å². The van der Waals surface area contributed by atoms with Gasteiger partial charge in [0.1, 0.15) is 18.3 Å². The van der Waals surface area contributed by atoms with E-state index in [2.05, 4.69) is 10.6 Å². The van der Waals surface area contributed by atoms with Crippen LogP contribution in [0.2, 0.25) is 0 Å². The van der Waals surface area contributed by atoms with Gasteiger partial charge >= 0.3 is 12.2 Å². The zero-order valence-corrected chi connectivity index (χ0v) is 21.8. The lowest BCUT2D eigenvalue weighted by molar-refractivity contribution is -0.187. The van der Waals surface area contributed by atoms with E-state index >= 15 is 0 Å². The lowest BCUT2D eigenvalue weighted by Gasteiger charge is -2.45. The number of carbonyl (C=O) groups excluding carboxylic acids is 2. The standard InChI is InChI=1S/C23H48N4O6/c1-18(21(2,3)33-23(6,7)22(4,5)25)32-20(29)27-14-11-9-8-10-13-26-19(28)31-17-16-30-15-12-24/h18H,8-17,24-25H2,1-7H3,(H,26,28)(H,27,29). The van der Waals surface area contributed by atoms with Gasteiger partial charge in [0.15, 0.2) is 0 Å². The first-order valence-electron chi connectivity index (χ1n) is 11.8. The van der Waals surface area contributed by atoms with E-state index in [4.69, 9.17) is 30.4 Å². The van der Waals surface area contributed by atoms with Crippen molar-refractivity contribution in [3.8, 4) is 0 Å². The monoisotopic (exact) mass is 476 g/mol. The summed E-state index contributed by atoms with van der Waals surface area (Å²) in [6.07, 6.45) is 2.13. The van der Waals surface area contributed by atoms with Gasteiger partial charge in [-0.1, -0.05) is 12.8 Å². The first kappa shape index (κ1) is 31.4. The van der Waals surface area contributed by atoms with E-state index in [9.17, 15) is 9.59 Å². The minimum Gasteiger partial charge on any atom is -0.447 e. The van der Waals surface area contributed by atoms with Crippen LogP contribution in [0.5, 0.6) is 0 Å². The van der Waals surface area contributed by atoms with Crippen molar-refractivity contribution in [3.63, 3.8) is 0 Å². The molecule has 0 aromatic rings. The Hall–Kier alpha value is -1.62. The number of carbonyl (C=O) groups is 2. The highest BCUT2D eigenvalue weighted by atomic mass is 16.6. The van der Waals surface area contributed by atoms with Gasteiger partial charge < -0.3 is 41.0 Å². The van der Waals surface area contributed by atoms with Crippen molar-refractivity contribution < 1.29 is 28.5 Å². The largest absolute Gasteiger partial charge is 0.447 e. The van der Waals surface area contributed by atoms with Gasteiger partial charge in [0.25, 0.3) is 0 Å². The molecule has 1 unspecified atom stereocenters. The molecule has 0 aliphatic heterocycles. The van der Waals surface area contributed by atoms with E-state index in [0.29, 0.717) is 32.8 Å². The molecule has 0 aromatic heterocycles. The van der Waals surface area contributed by atoms with Crippen molar-refractivity contribution in [3.05, 3.63) is 0 Å². The van der Waals surface area contributed by atoms with Crippen LogP contribution in [-0.2, 0) is 18.9 Å². The van der Waals surface area contributed by atoms with Crippen LogP contribution < -0.4 is 22.1 Å².